The van der Waals surface area contributed by atoms with Gasteiger partial charge in [-0.25, -0.2) is 10.2 Å². The first-order valence-electron chi connectivity index (χ1n) is 12.0. The standard InChI is InChI=1S/C30H18Br3Cl2N3O3/c1-15-6-8-16(9-7-15)30(40)41-28-17(10-18(31)12-22(28)33)14-36-38-29(39)27-25(20-4-2-3-5-23(20)34)21-11-19(32)13-24(35)26(21)37-27/h2-14,37H,1H3,(H,38,39). The molecular weight excluding hydrogens is 761 g/mol. The number of nitrogens with zero attached hydrogens (tertiary/aromatic N) is 1. The number of ether oxygens (including phenoxy) is 1. The lowest BCUT2D eigenvalue weighted by Crippen LogP contribution is -2.19. The molecule has 41 heavy (non-hydrogen) atoms. The van der Waals surface area contributed by atoms with Crippen LogP contribution in [0.3, 0.4) is 0 Å². The average molecular weight is 779 g/mol. The van der Waals surface area contributed by atoms with Gasteiger partial charge in [-0.05, 0) is 65.3 Å². The summed E-state index contributed by atoms with van der Waals surface area (Å²) in [5.41, 5.74) is 6.48. The number of amides is 1. The molecule has 6 nitrogen and oxygen atoms in total. The lowest BCUT2D eigenvalue weighted by Gasteiger charge is -2.11. The fourth-order valence-electron chi connectivity index (χ4n) is 4.18. The maximum absolute atomic E-state index is 13.5. The van der Waals surface area contributed by atoms with Crippen LogP contribution in [0, 0.1) is 6.92 Å². The molecule has 1 heterocycles. The van der Waals surface area contributed by atoms with Crippen LogP contribution < -0.4 is 10.2 Å². The Morgan fingerprint density at radius 1 is 0.927 bits per heavy atom. The summed E-state index contributed by atoms with van der Waals surface area (Å²) in [7, 11) is 0. The summed E-state index contributed by atoms with van der Waals surface area (Å²) in [5.74, 6) is -0.806. The number of benzene rings is 4. The molecule has 0 aliphatic rings. The predicted octanol–water partition coefficient (Wildman–Crippen LogP) is 9.72. The number of esters is 1. The van der Waals surface area contributed by atoms with Crippen LogP contribution in [0.15, 0.2) is 91.3 Å². The molecule has 0 radical (unpaired) electrons. The molecule has 0 unspecified atom stereocenters. The molecule has 0 saturated heterocycles. The SMILES string of the molecule is Cc1ccc(C(=O)Oc2c(Br)cc(Br)cc2C=NNC(=O)c2[nH]c3c(Cl)cc(Br)cc3c2-c2ccccc2Cl)cc1. The fourth-order valence-corrected chi connectivity index (χ4v) is 6.60. The number of halogens is 5. The van der Waals surface area contributed by atoms with E-state index in [1.54, 1.807) is 36.4 Å². The van der Waals surface area contributed by atoms with Crippen molar-refractivity contribution in [1.29, 1.82) is 0 Å². The molecule has 1 amide bonds. The van der Waals surface area contributed by atoms with Crippen molar-refractivity contribution >= 4 is 100.0 Å². The highest BCUT2D eigenvalue weighted by Crippen LogP contribution is 2.40. The highest BCUT2D eigenvalue weighted by atomic mass is 79.9. The van der Waals surface area contributed by atoms with Crippen LogP contribution in [0.4, 0.5) is 0 Å². The summed E-state index contributed by atoms with van der Waals surface area (Å²) >= 11 is 23.4. The van der Waals surface area contributed by atoms with E-state index in [9.17, 15) is 9.59 Å². The van der Waals surface area contributed by atoms with Gasteiger partial charge in [0, 0.05) is 36.0 Å². The van der Waals surface area contributed by atoms with Gasteiger partial charge in [-0.1, -0.05) is 91.0 Å². The Morgan fingerprint density at radius 2 is 1.63 bits per heavy atom. The van der Waals surface area contributed by atoms with Gasteiger partial charge < -0.3 is 9.72 Å². The lowest BCUT2D eigenvalue weighted by molar-refractivity contribution is 0.0733. The molecule has 206 valence electrons. The molecule has 0 bridgehead atoms. The second kappa shape index (κ2) is 12.5. The van der Waals surface area contributed by atoms with Gasteiger partial charge in [0.2, 0.25) is 0 Å². The zero-order valence-corrected chi connectivity index (χ0v) is 27.3. The summed E-state index contributed by atoms with van der Waals surface area (Å²) in [5, 5.41) is 5.79. The van der Waals surface area contributed by atoms with Crippen LogP contribution in [0.25, 0.3) is 22.0 Å². The monoisotopic (exact) mass is 775 g/mol. The normalized spacial score (nSPS) is 11.3. The number of rotatable bonds is 6. The zero-order chi connectivity index (χ0) is 29.3. The maximum atomic E-state index is 13.5. The van der Waals surface area contributed by atoms with Crippen LogP contribution in [0.1, 0.15) is 32.0 Å². The molecule has 0 spiro atoms. The molecule has 5 rings (SSSR count). The van der Waals surface area contributed by atoms with E-state index in [0.29, 0.717) is 52.1 Å². The van der Waals surface area contributed by atoms with Gasteiger partial charge >= 0.3 is 5.97 Å². The Bertz CT molecular complexity index is 1850. The Labute approximate surface area is 270 Å². The summed E-state index contributed by atoms with van der Waals surface area (Å²) < 4.78 is 7.69. The largest absolute Gasteiger partial charge is 0.421 e. The molecule has 11 heteroatoms. The van der Waals surface area contributed by atoms with Crippen molar-refractivity contribution in [2.24, 2.45) is 5.10 Å². The Balaban J connectivity index is 1.47. The molecule has 4 aromatic carbocycles. The third-order valence-corrected chi connectivity index (χ3v) is 8.22. The second-order valence-corrected chi connectivity index (χ2v) is 12.4. The Hall–Kier alpha value is -2.95. The van der Waals surface area contributed by atoms with Crippen molar-refractivity contribution in [2.45, 2.75) is 6.92 Å². The van der Waals surface area contributed by atoms with Crippen LogP contribution in [0.2, 0.25) is 10.0 Å². The molecular formula is C30H18Br3Cl2N3O3. The minimum absolute atomic E-state index is 0.228. The minimum Gasteiger partial charge on any atom is -0.421 e. The highest BCUT2D eigenvalue weighted by molar-refractivity contribution is 9.11. The van der Waals surface area contributed by atoms with Gasteiger partial charge in [-0.3, -0.25) is 4.79 Å². The van der Waals surface area contributed by atoms with Crippen molar-refractivity contribution in [3.63, 3.8) is 0 Å². The zero-order valence-electron chi connectivity index (χ0n) is 21.1. The number of hydrogen-bond donors (Lipinski definition) is 2. The van der Waals surface area contributed by atoms with E-state index >= 15 is 0 Å². The molecule has 0 aliphatic carbocycles. The van der Waals surface area contributed by atoms with E-state index < -0.39 is 11.9 Å². The number of H-pyrrole nitrogens is 1. The van der Waals surface area contributed by atoms with Gasteiger partial charge in [0.25, 0.3) is 5.91 Å². The molecule has 1 aromatic heterocycles. The maximum Gasteiger partial charge on any atom is 0.343 e. The number of aromatic amines is 1. The highest BCUT2D eigenvalue weighted by Gasteiger charge is 2.23. The van der Waals surface area contributed by atoms with Crippen molar-refractivity contribution in [3.8, 4) is 16.9 Å². The molecule has 0 atom stereocenters. The molecule has 0 fully saturated rings. The number of hydrogen-bond acceptors (Lipinski definition) is 4. The summed E-state index contributed by atoms with van der Waals surface area (Å²) in [6, 6.07) is 21.3. The van der Waals surface area contributed by atoms with E-state index in [0.717, 1.165) is 10.0 Å². The average Bonchev–Trinajstić information content (AvgIpc) is 3.30. The first-order chi connectivity index (χ1) is 19.6. The van der Waals surface area contributed by atoms with Gasteiger partial charge in [0.1, 0.15) is 5.69 Å². The molecule has 0 aliphatic heterocycles. The van der Waals surface area contributed by atoms with Crippen molar-refractivity contribution in [3.05, 3.63) is 119 Å². The van der Waals surface area contributed by atoms with Crippen LogP contribution in [-0.4, -0.2) is 23.1 Å². The van der Waals surface area contributed by atoms with Gasteiger partial charge in [-0.15, -0.1) is 0 Å². The first kappa shape index (κ1) is 29.5. The number of aromatic nitrogens is 1. The van der Waals surface area contributed by atoms with Crippen LogP contribution in [-0.2, 0) is 0 Å². The summed E-state index contributed by atoms with van der Waals surface area (Å²) in [6.07, 6.45) is 1.40. The van der Waals surface area contributed by atoms with Crippen LogP contribution >= 0.6 is 71.0 Å². The molecule has 5 aromatic rings. The van der Waals surface area contributed by atoms with Crippen molar-refractivity contribution in [2.75, 3.05) is 0 Å². The van der Waals surface area contributed by atoms with E-state index in [2.05, 4.69) is 63.3 Å². The van der Waals surface area contributed by atoms with E-state index in [1.807, 2.05) is 43.3 Å². The number of carbonyl (C=O) groups excluding carboxylic acids is 2. The van der Waals surface area contributed by atoms with Gasteiger partial charge in [-0.2, -0.15) is 5.10 Å². The topological polar surface area (TPSA) is 83.5 Å². The number of carbonyl (C=O) groups is 2. The van der Waals surface area contributed by atoms with Gasteiger partial charge in [0.05, 0.1) is 26.8 Å². The van der Waals surface area contributed by atoms with Crippen molar-refractivity contribution in [1.82, 2.24) is 10.4 Å². The number of fused-ring (bicyclic) bond motifs is 1. The summed E-state index contributed by atoms with van der Waals surface area (Å²) in [4.78, 5) is 29.4. The number of nitrogens with one attached hydrogen (secondary N) is 2. The molecule has 0 saturated carbocycles. The summed E-state index contributed by atoms with van der Waals surface area (Å²) in [6.45, 7) is 1.93. The predicted molar refractivity (Wildman–Crippen MR) is 174 cm³/mol. The Morgan fingerprint density at radius 3 is 2.37 bits per heavy atom. The molecule has 2 N–H and O–H groups in total. The van der Waals surface area contributed by atoms with E-state index in [1.165, 1.54) is 6.21 Å². The fraction of sp³-hybridized carbons (Fsp3) is 0.0333. The number of aryl methyl sites for hydroxylation is 1. The minimum atomic E-state index is -0.530. The third kappa shape index (κ3) is 6.44. The quantitative estimate of drug-likeness (QED) is 0.0780. The third-order valence-electron chi connectivity index (χ3n) is 6.08. The van der Waals surface area contributed by atoms with Gasteiger partial charge in [0.15, 0.2) is 5.75 Å². The number of hydrazone groups is 1. The van der Waals surface area contributed by atoms with E-state index in [-0.39, 0.29) is 11.4 Å². The van der Waals surface area contributed by atoms with Crippen molar-refractivity contribution < 1.29 is 14.3 Å². The smallest absolute Gasteiger partial charge is 0.343 e. The van der Waals surface area contributed by atoms with E-state index in [4.69, 9.17) is 27.9 Å². The Kier molecular flexibility index (Phi) is 9.01. The second-order valence-electron chi connectivity index (χ2n) is 8.93. The van der Waals surface area contributed by atoms with Crippen LogP contribution in [0.5, 0.6) is 5.75 Å². The first-order valence-corrected chi connectivity index (χ1v) is 15.1. The lowest BCUT2D eigenvalue weighted by atomic mass is 10.0.